The zero-order valence-electron chi connectivity index (χ0n) is 14.2. The van der Waals surface area contributed by atoms with Crippen LogP contribution < -0.4 is 0 Å². The molecule has 1 aromatic heterocycles. The van der Waals surface area contributed by atoms with E-state index in [-0.39, 0.29) is 10.7 Å². The van der Waals surface area contributed by atoms with Crippen molar-refractivity contribution >= 4 is 17.7 Å². The average molecular weight is 334 g/mol. The van der Waals surface area contributed by atoms with Gasteiger partial charge in [0, 0.05) is 41.6 Å². The molecule has 1 aromatic rings. The Labute approximate surface area is 143 Å². The Hall–Kier alpha value is -1.07. The average Bonchev–Trinajstić information content (AvgIpc) is 3.19. The molecule has 2 fully saturated rings. The fourth-order valence-electron chi connectivity index (χ4n) is 2.87. The number of hydrogen-bond donors (Lipinski definition) is 0. The molecule has 0 unspecified atom stereocenters. The van der Waals surface area contributed by atoms with E-state index in [2.05, 4.69) is 30.7 Å². The number of carbonyl (C=O) groups excluding carboxylic acids is 1. The van der Waals surface area contributed by atoms with E-state index in [0.717, 1.165) is 49.6 Å². The third-order valence-corrected chi connectivity index (χ3v) is 5.16. The van der Waals surface area contributed by atoms with Gasteiger partial charge in [0.25, 0.3) is 5.91 Å². The third-order valence-electron chi connectivity index (χ3n) is 4.12. The lowest BCUT2D eigenvalue weighted by Gasteiger charge is -2.25. The first-order chi connectivity index (χ1) is 10.9. The first-order valence-electron chi connectivity index (χ1n) is 8.46. The van der Waals surface area contributed by atoms with Crippen LogP contribution in [0.1, 0.15) is 50.4 Å². The molecule has 126 valence electrons. The number of nitrogens with zero attached hydrogens (tertiary/aromatic N) is 2. The second kappa shape index (κ2) is 6.81. The van der Waals surface area contributed by atoms with Crippen LogP contribution in [0.25, 0.3) is 0 Å². The molecule has 23 heavy (non-hydrogen) atoms. The molecule has 1 saturated heterocycles. The maximum Gasteiger partial charge on any atom is 0.254 e. The zero-order chi connectivity index (χ0) is 16.4. The van der Waals surface area contributed by atoms with E-state index in [1.807, 2.05) is 12.1 Å². The number of carbonyl (C=O) groups is 1. The Balaban J connectivity index is 1.73. The molecule has 1 aliphatic carbocycles. The van der Waals surface area contributed by atoms with Crippen molar-refractivity contribution in [3.63, 3.8) is 0 Å². The molecule has 0 spiro atoms. The summed E-state index contributed by atoms with van der Waals surface area (Å²) in [4.78, 5) is 19.5. The van der Waals surface area contributed by atoms with Crippen molar-refractivity contribution in [2.75, 3.05) is 19.8 Å². The largest absolute Gasteiger partial charge is 0.381 e. The molecule has 1 atom stereocenters. The number of hydrogen-bond acceptors (Lipinski definition) is 4. The smallest absolute Gasteiger partial charge is 0.254 e. The number of amides is 1. The maximum absolute atomic E-state index is 13.0. The molecule has 2 aliphatic rings. The summed E-state index contributed by atoms with van der Waals surface area (Å²) in [6.45, 7) is 8.92. The van der Waals surface area contributed by atoms with Gasteiger partial charge >= 0.3 is 0 Å². The van der Waals surface area contributed by atoms with Gasteiger partial charge in [-0.3, -0.25) is 4.79 Å². The first kappa shape index (κ1) is 16.8. The first-order valence-corrected chi connectivity index (χ1v) is 9.28. The summed E-state index contributed by atoms with van der Waals surface area (Å²) in [5, 5.41) is 0.920. The lowest BCUT2D eigenvalue weighted by Crippen LogP contribution is -2.37. The van der Waals surface area contributed by atoms with Crippen molar-refractivity contribution in [3.8, 4) is 0 Å². The highest BCUT2D eigenvalue weighted by atomic mass is 32.2. The van der Waals surface area contributed by atoms with Crippen LogP contribution in [0.5, 0.6) is 0 Å². The summed E-state index contributed by atoms with van der Waals surface area (Å²) in [6.07, 6.45) is 5.09. The molecule has 0 radical (unpaired) electrons. The molecule has 0 bridgehead atoms. The highest BCUT2D eigenvalue weighted by molar-refractivity contribution is 8.00. The van der Waals surface area contributed by atoms with Gasteiger partial charge in [-0.2, -0.15) is 0 Å². The van der Waals surface area contributed by atoms with Gasteiger partial charge in [0.2, 0.25) is 0 Å². The molecule has 2 heterocycles. The molecule has 5 heteroatoms. The quantitative estimate of drug-likeness (QED) is 0.772. The monoisotopic (exact) mass is 334 g/mol. The Bertz CT molecular complexity index is 560. The molecule has 4 nitrogen and oxygen atoms in total. The molecule has 0 N–H and O–H groups in total. The topological polar surface area (TPSA) is 42.4 Å². The Morgan fingerprint density at radius 3 is 2.78 bits per heavy atom. The van der Waals surface area contributed by atoms with Crippen LogP contribution in [0.3, 0.4) is 0 Å². The van der Waals surface area contributed by atoms with Gasteiger partial charge in [-0.05, 0) is 31.4 Å². The fourth-order valence-corrected chi connectivity index (χ4v) is 3.79. The van der Waals surface area contributed by atoms with Crippen molar-refractivity contribution in [1.29, 1.82) is 0 Å². The lowest BCUT2D eigenvalue weighted by atomic mass is 10.1. The number of thioether (sulfide) groups is 1. The number of aromatic nitrogens is 1. The summed E-state index contributed by atoms with van der Waals surface area (Å²) < 4.78 is 5.56. The second-order valence-corrected chi connectivity index (χ2v) is 9.36. The Morgan fingerprint density at radius 1 is 1.39 bits per heavy atom. The van der Waals surface area contributed by atoms with Crippen LogP contribution in [0.2, 0.25) is 0 Å². The second-order valence-electron chi connectivity index (χ2n) is 7.52. The predicted octanol–water partition coefficient (Wildman–Crippen LogP) is 3.61. The minimum Gasteiger partial charge on any atom is -0.381 e. The molecular weight excluding hydrogens is 308 g/mol. The van der Waals surface area contributed by atoms with Crippen molar-refractivity contribution in [2.24, 2.45) is 5.92 Å². The van der Waals surface area contributed by atoms with E-state index in [0.29, 0.717) is 12.0 Å². The van der Waals surface area contributed by atoms with Crippen molar-refractivity contribution in [1.82, 2.24) is 9.88 Å². The SMILES string of the molecule is CC(C)(C)Sc1cc(C(=O)N(C[C@H]2CCOC2)C2CC2)ccn1. The van der Waals surface area contributed by atoms with E-state index >= 15 is 0 Å². The minimum atomic E-state index is 0.0893. The molecule has 1 amide bonds. The number of pyridine rings is 1. The van der Waals surface area contributed by atoms with Crippen molar-refractivity contribution in [2.45, 2.75) is 55.8 Å². The summed E-state index contributed by atoms with van der Waals surface area (Å²) in [5.74, 6) is 0.641. The standard InChI is InChI=1S/C18H26N2O2S/c1-18(2,3)23-16-10-14(6-8-19-16)17(21)20(15-4-5-15)11-13-7-9-22-12-13/h6,8,10,13,15H,4-5,7,9,11-12H2,1-3H3/t13-/m1/s1. The molecule has 1 aliphatic heterocycles. The normalized spacial score (nSPS) is 21.4. The van der Waals surface area contributed by atoms with E-state index in [1.165, 1.54) is 0 Å². The van der Waals surface area contributed by atoms with Gasteiger partial charge in [0.05, 0.1) is 11.6 Å². The van der Waals surface area contributed by atoms with Crippen LogP contribution in [0.4, 0.5) is 0 Å². The molecule has 3 rings (SSSR count). The van der Waals surface area contributed by atoms with E-state index in [9.17, 15) is 4.79 Å². The highest BCUT2D eigenvalue weighted by Crippen LogP contribution is 2.33. The van der Waals surface area contributed by atoms with E-state index < -0.39 is 0 Å². The fraction of sp³-hybridized carbons (Fsp3) is 0.667. The summed E-state index contributed by atoms with van der Waals surface area (Å²) in [5.41, 5.74) is 0.762. The van der Waals surface area contributed by atoms with Crippen LogP contribution in [0, 0.1) is 5.92 Å². The van der Waals surface area contributed by atoms with Crippen LogP contribution in [-0.4, -0.2) is 46.3 Å². The Morgan fingerprint density at radius 2 is 2.17 bits per heavy atom. The van der Waals surface area contributed by atoms with Gasteiger partial charge in [0.1, 0.15) is 0 Å². The van der Waals surface area contributed by atoms with Crippen LogP contribution >= 0.6 is 11.8 Å². The minimum absolute atomic E-state index is 0.0893. The lowest BCUT2D eigenvalue weighted by molar-refractivity contribution is 0.0706. The van der Waals surface area contributed by atoms with Crippen molar-refractivity contribution < 1.29 is 9.53 Å². The van der Waals surface area contributed by atoms with Gasteiger partial charge < -0.3 is 9.64 Å². The summed E-state index contributed by atoms with van der Waals surface area (Å²) in [6, 6.07) is 4.21. The van der Waals surface area contributed by atoms with Gasteiger partial charge in [-0.1, -0.05) is 20.8 Å². The molecule has 0 aromatic carbocycles. The van der Waals surface area contributed by atoms with Gasteiger partial charge in [0.15, 0.2) is 0 Å². The number of rotatable bonds is 5. The van der Waals surface area contributed by atoms with Gasteiger partial charge in [-0.15, -0.1) is 11.8 Å². The summed E-state index contributed by atoms with van der Waals surface area (Å²) in [7, 11) is 0. The van der Waals surface area contributed by atoms with Crippen LogP contribution in [-0.2, 0) is 4.74 Å². The maximum atomic E-state index is 13.0. The third kappa shape index (κ3) is 4.70. The predicted molar refractivity (Wildman–Crippen MR) is 92.8 cm³/mol. The van der Waals surface area contributed by atoms with Crippen LogP contribution in [0.15, 0.2) is 23.4 Å². The van der Waals surface area contributed by atoms with E-state index in [1.54, 1.807) is 18.0 Å². The number of ether oxygens (including phenoxy) is 1. The highest BCUT2D eigenvalue weighted by Gasteiger charge is 2.35. The molecular formula is C18H26N2O2S. The van der Waals surface area contributed by atoms with E-state index in [4.69, 9.17) is 4.74 Å². The zero-order valence-corrected chi connectivity index (χ0v) is 15.1. The Kier molecular flexibility index (Phi) is 4.97. The summed E-state index contributed by atoms with van der Waals surface area (Å²) >= 11 is 1.70. The van der Waals surface area contributed by atoms with Crippen molar-refractivity contribution in [3.05, 3.63) is 23.9 Å². The van der Waals surface area contributed by atoms with Gasteiger partial charge in [-0.25, -0.2) is 4.98 Å². The molecule has 1 saturated carbocycles.